The van der Waals surface area contributed by atoms with Gasteiger partial charge in [-0.3, -0.25) is 4.79 Å². The topological polar surface area (TPSA) is 20.3 Å². The van der Waals surface area contributed by atoms with Crippen LogP contribution in [0.3, 0.4) is 0 Å². The summed E-state index contributed by atoms with van der Waals surface area (Å²) >= 11 is 5.67. The Kier molecular flexibility index (Phi) is 2.81. The van der Waals surface area contributed by atoms with Gasteiger partial charge in [-0.1, -0.05) is 11.6 Å². The van der Waals surface area contributed by atoms with Crippen LogP contribution in [-0.4, -0.2) is 12.5 Å². The standard InChI is InChI=1S/C11H9ClF3NO/c1-6(17)16-3-2-8-9(11(13,14)15)4-7(12)5-10(8)16/h4-5H,2-3H2,1H3. The molecular formula is C11H9ClF3NO. The molecule has 0 aliphatic carbocycles. The molecule has 1 aromatic carbocycles. The van der Waals surface area contributed by atoms with Crippen molar-refractivity contribution in [3.63, 3.8) is 0 Å². The molecule has 6 heteroatoms. The van der Waals surface area contributed by atoms with Crippen molar-refractivity contribution in [2.75, 3.05) is 11.4 Å². The molecule has 0 aromatic heterocycles. The van der Waals surface area contributed by atoms with Crippen LogP contribution < -0.4 is 4.90 Å². The molecule has 1 aromatic rings. The Morgan fingerprint density at radius 1 is 1.41 bits per heavy atom. The molecule has 0 radical (unpaired) electrons. The number of benzene rings is 1. The lowest BCUT2D eigenvalue weighted by Gasteiger charge is -2.17. The van der Waals surface area contributed by atoms with E-state index in [4.69, 9.17) is 11.6 Å². The minimum atomic E-state index is -4.44. The van der Waals surface area contributed by atoms with Crippen molar-refractivity contribution in [2.45, 2.75) is 19.5 Å². The molecule has 0 unspecified atom stereocenters. The van der Waals surface area contributed by atoms with E-state index in [0.29, 0.717) is 0 Å². The zero-order valence-corrected chi connectivity index (χ0v) is 9.69. The molecule has 0 saturated carbocycles. The Bertz CT molecular complexity index is 484. The zero-order valence-electron chi connectivity index (χ0n) is 8.94. The van der Waals surface area contributed by atoms with Gasteiger partial charge in [0.1, 0.15) is 0 Å². The predicted molar refractivity (Wildman–Crippen MR) is 58.2 cm³/mol. The van der Waals surface area contributed by atoms with Gasteiger partial charge in [-0.2, -0.15) is 13.2 Å². The minimum absolute atomic E-state index is 0.00998. The third kappa shape index (κ3) is 2.11. The van der Waals surface area contributed by atoms with E-state index in [1.54, 1.807) is 0 Å². The average molecular weight is 264 g/mol. The number of carbonyl (C=O) groups is 1. The van der Waals surface area contributed by atoms with Crippen molar-refractivity contribution < 1.29 is 18.0 Å². The van der Waals surface area contributed by atoms with E-state index in [1.165, 1.54) is 17.9 Å². The molecule has 0 fully saturated rings. The van der Waals surface area contributed by atoms with Gasteiger partial charge in [-0.25, -0.2) is 0 Å². The van der Waals surface area contributed by atoms with Crippen LogP contribution in [0.1, 0.15) is 18.1 Å². The van der Waals surface area contributed by atoms with Crippen molar-refractivity contribution in [1.29, 1.82) is 0 Å². The summed E-state index contributed by atoms with van der Waals surface area (Å²) in [5.74, 6) is -0.279. The average Bonchev–Trinajstić information content (AvgIpc) is 2.57. The number of rotatable bonds is 0. The quantitative estimate of drug-likeness (QED) is 0.703. The van der Waals surface area contributed by atoms with Crippen molar-refractivity contribution in [3.05, 3.63) is 28.3 Å². The first-order valence-corrected chi connectivity index (χ1v) is 5.36. The fourth-order valence-corrected chi connectivity index (χ4v) is 2.26. The lowest BCUT2D eigenvalue weighted by Crippen LogP contribution is -2.25. The monoisotopic (exact) mass is 263 g/mol. The summed E-state index contributed by atoms with van der Waals surface area (Å²) < 4.78 is 38.4. The smallest absolute Gasteiger partial charge is 0.312 e. The highest BCUT2D eigenvalue weighted by Gasteiger charge is 2.37. The van der Waals surface area contributed by atoms with Crippen LogP contribution >= 0.6 is 11.6 Å². The Labute approximate surface area is 101 Å². The van der Waals surface area contributed by atoms with E-state index in [9.17, 15) is 18.0 Å². The molecule has 1 aliphatic heterocycles. The second-order valence-corrected chi connectivity index (χ2v) is 4.31. The highest BCUT2D eigenvalue weighted by molar-refractivity contribution is 6.31. The maximum Gasteiger partial charge on any atom is 0.416 e. The molecule has 92 valence electrons. The summed E-state index contributed by atoms with van der Waals surface area (Å²) in [7, 11) is 0. The fraction of sp³-hybridized carbons (Fsp3) is 0.364. The third-order valence-corrected chi connectivity index (χ3v) is 2.97. The summed E-state index contributed by atoms with van der Waals surface area (Å²) in [5, 5.41) is -0.00998. The van der Waals surface area contributed by atoms with E-state index in [0.717, 1.165) is 6.07 Å². The number of hydrogen-bond acceptors (Lipinski definition) is 1. The van der Waals surface area contributed by atoms with Gasteiger partial charge in [0.15, 0.2) is 0 Å². The summed E-state index contributed by atoms with van der Waals surface area (Å²) in [5.41, 5.74) is -0.321. The molecule has 1 aliphatic rings. The predicted octanol–water partition coefficient (Wildman–Crippen LogP) is 3.27. The lowest BCUT2D eigenvalue weighted by atomic mass is 10.0. The van der Waals surface area contributed by atoms with E-state index in [2.05, 4.69) is 0 Å². The van der Waals surface area contributed by atoms with Crippen molar-refractivity contribution >= 4 is 23.2 Å². The number of nitrogens with zero attached hydrogens (tertiary/aromatic N) is 1. The first-order chi connectivity index (χ1) is 7.80. The Morgan fingerprint density at radius 2 is 2.06 bits per heavy atom. The first kappa shape index (κ1) is 12.2. The van der Waals surface area contributed by atoms with Gasteiger partial charge in [-0.15, -0.1) is 0 Å². The maximum atomic E-state index is 12.8. The van der Waals surface area contributed by atoms with E-state index < -0.39 is 11.7 Å². The minimum Gasteiger partial charge on any atom is -0.312 e. The van der Waals surface area contributed by atoms with Crippen molar-refractivity contribution in [2.24, 2.45) is 0 Å². The second kappa shape index (κ2) is 3.91. The van der Waals surface area contributed by atoms with Gasteiger partial charge in [0, 0.05) is 24.2 Å². The third-order valence-electron chi connectivity index (χ3n) is 2.75. The first-order valence-electron chi connectivity index (χ1n) is 4.98. The number of anilines is 1. The zero-order chi connectivity index (χ0) is 12.8. The summed E-state index contributed by atoms with van der Waals surface area (Å²) in [6, 6.07) is 2.31. The molecule has 0 N–H and O–H groups in total. The van der Waals surface area contributed by atoms with Crippen molar-refractivity contribution in [3.8, 4) is 0 Å². The number of amides is 1. The highest BCUT2D eigenvalue weighted by Crippen LogP contribution is 2.41. The number of carbonyl (C=O) groups excluding carboxylic acids is 1. The van der Waals surface area contributed by atoms with E-state index in [1.807, 2.05) is 0 Å². The highest BCUT2D eigenvalue weighted by atomic mass is 35.5. The molecule has 0 saturated heterocycles. The molecule has 0 spiro atoms. The molecule has 0 bridgehead atoms. The molecule has 2 rings (SSSR count). The molecule has 17 heavy (non-hydrogen) atoms. The maximum absolute atomic E-state index is 12.8. The Balaban J connectivity index is 2.60. The molecule has 1 amide bonds. The lowest BCUT2D eigenvalue weighted by molar-refractivity contribution is -0.138. The van der Waals surface area contributed by atoms with E-state index in [-0.39, 0.29) is 35.1 Å². The van der Waals surface area contributed by atoms with Crippen LogP contribution in [0, 0.1) is 0 Å². The van der Waals surface area contributed by atoms with Crippen LogP contribution in [0.15, 0.2) is 12.1 Å². The van der Waals surface area contributed by atoms with Crippen LogP contribution in [0.4, 0.5) is 18.9 Å². The number of fused-ring (bicyclic) bond motifs is 1. The van der Waals surface area contributed by atoms with Gasteiger partial charge >= 0.3 is 6.18 Å². The van der Waals surface area contributed by atoms with Crippen LogP contribution in [-0.2, 0) is 17.4 Å². The van der Waals surface area contributed by atoms with E-state index >= 15 is 0 Å². The van der Waals surface area contributed by atoms with Gasteiger partial charge in [-0.05, 0) is 24.1 Å². The summed E-state index contributed by atoms with van der Waals surface area (Å²) in [6.45, 7) is 1.59. The van der Waals surface area contributed by atoms with Crippen molar-refractivity contribution in [1.82, 2.24) is 0 Å². The normalized spacial score (nSPS) is 15.0. The SMILES string of the molecule is CC(=O)N1CCc2c1cc(Cl)cc2C(F)(F)F. The number of alkyl halides is 3. The van der Waals surface area contributed by atoms with Crippen LogP contribution in [0.5, 0.6) is 0 Å². The number of halogens is 4. The Hall–Kier alpha value is -1.23. The fourth-order valence-electron chi connectivity index (χ4n) is 2.05. The number of hydrogen-bond donors (Lipinski definition) is 0. The van der Waals surface area contributed by atoms with Gasteiger partial charge < -0.3 is 4.90 Å². The Morgan fingerprint density at radius 3 is 2.59 bits per heavy atom. The van der Waals surface area contributed by atoms with Crippen LogP contribution in [0.2, 0.25) is 5.02 Å². The molecule has 0 atom stereocenters. The van der Waals surface area contributed by atoms with Gasteiger partial charge in [0.25, 0.3) is 0 Å². The molecular weight excluding hydrogens is 255 g/mol. The second-order valence-electron chi connectivity index (χ2n) is 3.87. The molecule has 1 heterocycles. The largest absolute Gasteiger partial charge is 0.416 e. The van der Waals surface area contributed by atoms with Gasteiger partial charge in [0.05, 0.1) is 5.56 Å². The summed E-state index contributed by atoms with van der Waals surface area (Å²) in [6.07, 6.45) is -4.23. The summed E-state index contributed by atoms with van der Waals surface area (Å²) in [4.78, 5) is 12.6. The van der Waals surface area contributed by atoms with Crippen LogP contribution in [0.25, 0.3) is 0 Å². The van der Waals surface area contributed by atoms with Gasteiger partial charge in [0.2, 0.25) is 5.91 Å². The molecule has 2 nitrogen and oxygen atoms in total.